The Morgan fingerprint density at radius 2 is 2.10 bits per heavy atom. The summed E-state index contributed by atoms with van der Waals surface area (Å²) < 4.78 is 31.9. The normalized spacial score (nSPS) is 23.2. The van der Waals surface area contributed by atoms with Crippen molar-refractivity contribution >= 4 is 10.0 Å². The molecule has 1 N–H and O–H groups in total. The third kappa shape index (κ3) is 3.37. The average Bonchev–Trinajstić information content (AvgIpc) is 2.48. The molecule has 0 saturated carbocycles. The fraction of sp³-hybridized carbons (Fsp3) is 0.500. The smallest absolute Gasteiger partial charge is 0.214 e. The van der Waals surface area contributed by atoms with Gasteiger partial charge in [0, 0.05) is 12.5 Å². The van der Waals surface area contributed by atoms with Crippen LogP contribution < -0.4 is 4.72 Å². The summed E-state index contributed by atoms with van der Waals surface area (Å²) in [6.45, 7) is 0.932. The van der Waals surface area contributed by atoms with Crippen LogP contribution in [0.2, 0.25) is 0 Å². The van der Waals surface area contributed by atoms with E-state index in [2.05, 4.69) is 10.8 Å². The van der Waals surface area contributed by atoms with Gasteiger partial charge in [0.15, 0.2) is 0 Å². The Hall–Kier alpha value is -1.42. The highest BCUT2D eigenvalue weighted by Crippen LogP contribution is 2.25. The molecule has 1 aliphatic rings. The maximum atomic E-state index is 12.0. The lowest BCUT2D eigenvalue weighted by Gasteiger charge is -2.31. The molecule has 1 aromatic carbocycles. The summed E-state index contributed by atoms with van der Waals surface area (Å²) in [5.41, 5.74) is 1.63. The van der Waals surface area contributed by atoms with E-state index < -0.39 is 15.3 Å². The second-order valence-electron chi connectivity index (χ2n) is 4.92. The van der Waals surface area contributed by atoms with Gasteiger partial charge in [0.25, 0.3) is 0 Å². The first-order valence-corrected chi connectivity index (χ1v) is 8.10. The molecule has 1 saturated heterocycles. The van der Waals surface area contributed by atoms with Crippen LogP contribution in [-0.2, 0) is 21.2 Å². The minimum atomic E-state index is -3.29. The number of nitriles is 1. The standard InChI is InChI=1S/C14H18N2O3S/c1-16-20(17,18)14-6-7-19-10-13(14)8-11-2-4-12(9-15)5-3-11/h2-5,13-14,16H,6-8,10H2,1H3. The highest BCUT2D eigenvalue weighted by molar-refractivity contribution is 7.90. The molecular weight excluding hydrogens is 276 g/mol. The second kappa shape index (κ2) is 6.35. The maximum Gasteiger partial charge on any atom is 0.214 e. The van der Waals surface area contributed by atoms with Crippen molar-refractivity contribution in [3.8, 4) is 6.07 Å². The van der Waals surface area contributed by atoms with Crippen molar-refractivity contribution in [3.05, 3.63) is 35.4 Å². The Kier molecular flexibility index (Phi) is 4.76. The molecule has 20 heavy (non-hydrogen) atoms. The molecule has 0 amide bonds. The quantitative estimate of drug-likeness (QED) is 0.900. The Bertz CT molecular complexity index is 590. The monoisotopic (exact) mass is 294 g/mol. The van der Waals surface area contributed by atoms with Gasteiger partial charge in [0.2, 0.25) is 10.0 Å². The van der Waals surface area contributed by atoms with Crippen molar-refractivity contribution in [1.29, 1.82) is 5.26 Å². The van der Waals surface area contributed by atoms with Gasteiger partial charge in [-0.15, -0.1) is 0 Å². The lowest BCUT2D eigenvalue weighted by Crippen LogP contribution is -2.43. The molecule has 2 rings (SSSR count). The molecule has 1 aromatic rings. The van der Waals surface area contributed by atoms with Gasteiger partial charge < -0.3 is 4.74 Å². The zero-order valence-corrected chi connectivity index (χ0v) is 12.2. The van der Waals surface area contributed by atoms with E-state index in [1.54, 1.807) is 12.1 Å². The number of nitrogens with zero attached hydrogens (tertiary/aromatic N) is 1. The Balaban J connectivity index is 2.14. The molecule has 0 spiro atoms. The Morgan fingerprint density at radius 3 is 2.70 bits per heavy atom. The summed E-state index contributed by atoms with van der Waals surface area (Å²) in [6.07, 6.45) is 1.15. The lowest BCUT2D eigenvalue weighted by molar-refractivity contribution is 0.0570. The van der Waals surface area contributed by atoms with E-state index in [9.17, 15) is 8.42 Å². The van der Waals surface area contributed by atoms with Crippen LogP contribution in [0.4, 0.5) is 0 Å². The van der Waals surface area contributed by atoms with Crippen molar-refractivity contribution in [2.75, 3.05) is 20.3 Å². The van der Waals surface area contributed by atoms with Crippen LogP contribution in [-0.4, -0.2) is 33.9 Å². The van der Waals surface area contributed by atoms with E-state index in [4.69, 9.17) is 10.00 Å². The zero-order valence-electron chi connectivity index (χ0n) is 11.4. The number of ether oxygens (including phenoxy) is 1. The van der Waals surface area contributed by atoms with Crippen LogP contribution >= 0.6 is 0 Å². The predicted molar refractivity (Wildman–Crippen MR) is 75.6 cm³/mol. The predicted octanol–water partition coefficient (Wildman–Crippen LogP) is 1.06. The first-order valence-electron chi connectivity index (χ1n) is 6.56. The zero-order chi connectivity index (χ0) is 14.6. The van der Waals surface area contributed by atoms with E-state index in [-0.39, 0.29) is 5.92 Å². The number of benzene rings is 1. The Morgan fingerprint density at radius 1 is 1.40 bits per heavy atom. The van der Waals surface area contributed by atoms with Gasteiger partial charge >= 0.3 is 0 Å². The summed E-state index contributed by atoms with van der Waals surface area (Å²) in [6, 6.07) is 9.31. The third-order valence-electron chi connectivity index (χ3n) is 3.67. The Labute approximate surface area is 119 Å². The minimum absolute atomic E-state index is 0.0610. The number of hydrogen-bond acceptors (Lipinski definition) is 4. The third-order valence-corrected chi connectivity index (χ3v) is 5.66. The highest BCUT2D eigenvalue weighted by atomic mass is 32.2. The van der Waals surface area contributed by atoms with Crippen LogP contribution in [0.3, 0.4) is 0 Å². The number of rotatable bonds is 4. The molecule has 6 heteroatoms. The summed E-state index contributed by atoms with van der Waals surface area (Å²) in [7, 11) is -1.84. The van der Waals surface area contributed by atoms with Crippen molar-refractivity contribution in [3.63, 3.8) is 0 Å². The lowest BCUT2D eigenvalue weighted by atomic mass is 9.93. The van der Waals surface area contributed by atoms with Crippen molar-refractivity contribution in [1.82, 2.24) is 4.72 Å². The van der Waals surface area contributed by atoms with Gasteiger partial charge in [-0.1, -0.05) is 12.1 Å². The molecule has 0 aromatic heterocycles. The van der Waals surface area contributed by atoms with Gasteiger partial charge in [-0.3, -0.25) is 0 Å². The molecule has 0 radical (unpaired) electrons. The summed E-state index contributed by atoms with van der Waals surface area (Å²) >= 11 is 0. The topological polar surface area (TPSA) is 79.2 Å². The number of sulfonamides is 1. The highest BCUT2D eigenvalue weighted by Gasteiger charge is 2.35. The molecule has 2 atom stereocenters. The molecule has 1 heterocycles. The average molecular weight is 294 g/mol. The summed E-state index contributed by atoms with van der Waals surface area (Å²) in [4.78, 5) is 0. The SMILES string of the molecule is CNS(=O)(=O)C1CCOCC1Cc1ccc(C#N)cc1. The van der Waals surface area contributed by atoms with E-state index >= 15 is 0 Å². The van der Waals surface area contributed by atoms with Crippen LogP contribution in [0, 0.1) is 17.2 Å². The maximum absolute atomic E-state index is 12.0. The van der Waals surface area contributed by atoms with Gasteiger partial charge in [-0.25, -0.2) is 13.1 Å². The van der Waals surface area contributed by atoms with Gasteiger partial charge in [0.05, 0.1) is 23.5 Å². The van der Waals surface area contributed by atoms with E-state index in [0.717, 1.165) is 5.56 Å². The van der Waals surface area contributed by atoms with Gasteiger partial charge in [0.1, 0.15) is 0 Å². The molecule has 5 nitrogen and oxygen atoms in total. The van der Waals surface area contributed by atoms with Crippen molar-refractivity contribution in [2.24, 2.45) is 5.92 Å². The van der Waals surface area contributed by atoms with E-state index in [1.165, 1.54) is 7.05 Å². The van der Waals surface area contributed by atoms with Crippen molar-refractivity contribution < 1.29 is 13.2 Å². The van der Waals surface area contributed by atoms with Gasteiger partial charge in [-0.05, 0) is 37.6 Å². The molecule has 0 bridgehead atoms. The molecule has 1 fully saturated rings. The molecule has 108 valence electrons. The van der Waals surface area contributed by atoms with Crippen LogP contribution in [0.1, 0.15) is 17.5 Å². The fourth-order valence-electron chi connectivity index (χ4n) is 2.55. The molecule has 1 aliphatic heterocycles. The van der Waals surface area contributed by atoms with Gasteiger partial charge in [-0.2, -0.15) is 5.26 Å². The van der Waals surface area contributed by atoms with Crippen LogP contribution in [0.25, 0.3) is 0 Å². The van der Waals surface area contributed by atoms with E-state index in [0.29, 0.717) is 31.6 Å². The van der Waals surface area contributed by atoms with Crippen LogP contribution in [0.15, 0.2) is 24.3 Å². The summed E-state index contributed by atoms with van der Waals surface area (Å²) in [5.74, 6) is -0.0610. The number of nitrogens with one attached hydrogen (secondary N) is 1. The summed E-state index contributed by atoms with van der Waals surface area (Å²) in [5, 5.41) is 8.35. The first kappa shape index (κ1) is 15.0. The molecular formula is C14H18N2O3S. The second-order valence-corrected chi connectivity index (χ2v) is 7.03. The van der Waals surface area contributed by atoms with E-state index in [1.807, 2.05) is 12.1 Å². The molecule has 2 unspecified atom stereocenters. The number of hydrogen-bond donors (Lipinski definition) is 1. The van der Waals surface area contributed by atoms with Crippen molar-refractivity contribution in [2.45, 2.75) is 18.1 Å². The largest absolute Gasteiger partial charge is 0.381 e. The minimum Gasteiger partial charge on any atom is -0.381 e. The van der Waals surface area contributed by atoms with Crippen LogP contribution in [0.5, 0.6) is 0 Å². The molecule has 0 aliphatic carbocycles. The fourth-order valence-corrected chi connectivity index (χ4v) is 3.94. The first-order chi connectivity index (χ1) is 9.56.